The number of nitrogens with one attached hydrogen (secondary N) is 2. The van der Waals surface area contributed by atoms with Crippen LogP contribution in [0.2, 0.25) is 0 Å². The molecule has 0 aromatic carbocycles. The summed E-state index contributed by atoms with van der Waals surface area (Å²) in [6.07, 6.45) is 3.30. The molecule has 0 aliphatic carbocycles. The van der Waals surface area contributed by atoms with E-state index in [0.29, 0.717) is 6.04 Å². The van der Waals surface area contributed by atoms with Gasteiger partial charge in [-0.3, -0.25) is 14.6 Å². The fourth-order valence-electron chi connectivity index (χ4n) is 3.39. The fraction of sp³-hybridized carbons (Fsp3) is 0.789. The molecule has 1 saturated heterocycles. The molecule has 1 aliphatic heterocycles. The van der Waals surface area contributed by atoms with Crippen LogP contribution in [-0.2, 0) is 18.2 Å². The van der Waals surface area contributed by atoms with Crippen molar-refractivity contribution in [2.24, 2.45) is 12.0 Å². The first-order valence-corrected chi connectivity index (χ1v) is 9.77. The minimum absolute atomic E-state index is 0.302. The first kappa shape index (κ1) is 20.7. The Labute approximate surface area is 158 Å². The maximum atomic E-state index is 5.39. The zero-order chi connectivity index (χ0) is 18.9. The Morgan fingerprint density at radius 2 is 2.00 bits per heavy atom. The number of morpholine rings is 1. The van der Waals surface area contributed by atoms with Gasteiger partial charge in [0.05, 0.1) is 18.9 Å². The summed E-state index contributed by atoms with van der Waals surface area (Å²) in [6, 6.07) is 0.302. The Kier molecular flexibility index (Phi) is 8.38. The third kappa shape index (κ3) is 6.29. The van der Waals surface area contributed by atoms with E-state index in [4.69, 9.17) is 4.74 Å². The highest BCUT2D eigenvalue weighted by Crippen LogP contribution is 2.14. The molecule has 1 fully saturated rings. The molecule has 0 radical (unpaired) electrons. The summed E-state index contributed by atoms with van der Waals surface area (Å²) in [6.45, 7) is 12.4. The summed E-state index contributed by atoms with van der Waals surface area (Å²) in [7, 11) is 3.83. The molecule has 148 valence electrons. The van der Waals surface area contributed by atoms with Crippen molar-refractivity contribution in [3.05, 3.63) is 17.0 Å². The lowest BCUT2D eigenvalue weighted by molar-refractivity contribution is 0.0372. The number of rotatable bonds is 8. The maximum Gasteiger partial charge on any atom is 0.191 e. The zero-order valence-electron chi connectivity index (χ0n) is 17.1. The van der Waals surface area contributed by atoms with Gasteiger partial charge in [0.1, 0.15) is 0 Å². The Morgan fingerprint density at radius 3 is 2.62 bits per heavy atom. The third-order valence-corrected chi connectivity index (χ3v) is 5.07. The van der Waals surface area contributed by atoms with Gasteiger partial charge in [0, 0.05) is 45.5 Å². The molecule has 7 nitrogen and oxygen atoms in total. The number of aryl methyl sites for hydroxylation is 2. The van der Waals surface area contributed by atoms with Crippen molar-refractivity contribution in [1.82, 2.24) is 25.3 Å². The van der Waals surface area contributed by atoms with E-state index in [9.17, 15) is 0 Å². The molecular formula is C19H36N6O. The lowest BCUT2D eigenvalue weighted by atomic mass is 10.1. The number of guanidine groups is 1. The SMILES string of the molecule is CN=C(NCCCCN1CCOCC1)NC(C)Cc1c(C)nn(C)c1C. The first-order valence-electron chi connectivity index (χ1n) is 9.77. The molecule has 0 amide bonds. The normalized spacial score (nSPS) is 17.3. The Balaban J connectivity index is 1.66. The second kappa shape index (κ2) is 10.5. The Morgan fingerprint density at radius 1 is 1.27 bits per heavy atom. The molecule has 26 heavy (non-hydrogen) atoms. The van der Waals surface area contributed by atoms with Crippen LogP contribution >= 0.6 is 0 Å². The van der Waals surface area contributed by atoms with Gasteiger partial charge in [-0.1, -0.05) is 0 Å². The van der Waals surface area contributed by atoms with Gasteiger partial charge < -0.3 is 15.4 Å². The molecule has 7 heteroatoms. The lowest BCUT2D eigenvalue weighted by Gasteiger charge is -2.26. The van der Waals surface area contributed by atoms with Crippen LogP contribution in [0, 0.1) is 13.8 Å². The fourth-order valence-corrected chi connectivity index (χ4v) is 3.39. The number of aliphatic imine (C=N–C) groups is 1. The van der Waals surface area contributed by atoms with Gasteiger partial charge in [-0.15, -0.1) is 0 Å². The molecule has 1 aromatic rings. The molecule has 0 spiro atoms. The molecule has 0 saturated carbocycles. The molecule has 2 rings (SSSR count). The van der Waals surface area contributed by atoms with Crippen LogP contribution in [0.5, 0.6) is 0 Å². The standard InChI is InChI=1S/C19H36N6O/c1-15(14-18-16(2)23-24(5)17(18)3)22-19(20-4)21-8-6-7-9-25-10-12-26-13-11-25/h15H,6-14H2,1-5H3,(H2,20,21,22). The quantitative estimate of drug-likeness (QED) is 0.413. The van der Waals surface area contributed by atoms with Gasteiger partial charge in [0.2, 0.25) is 0 Å². The van der Waals surface area contributed by atoms with Crippen molar-refractivity contribution in [1.29, 1.82) is 0 Å². The second-order valence-corrected chi connectivity index (χ2v) is 7.18. The van der Waals surface area contributed by atoms with Crippen molar-refractivity contribution in [3.8, 4) is 0 Å². The van der Waals surface area contributed by atoms with Gasteiger partial charge in [-0.2, -0.15) is 5.10 Å². The smallest absolute Gasteiger partial charge is 0.191 e. The van der Waals surface area contributed by atoms with Crippen LogP contribution in [0.15, 0.2) is 4.99 Å². The minimum atomic E-state index is 0.302. The van der Waals surface area contributed by atoms with Crippen LogP contribution in [0.4, 0.5) is 0 Å². The number of aromatic nitrogens is 2. The van der Waals surface area contributed by atoms with Crippen LogP contribution in [0.3, 0.4) is 0 Å². The predicted octanol–water partition coefficient (Wildman–Crippen LogP) is 1.25. The third-order valence-electron chi connectivity index (χ3n) is 5.07. The maximum absolute atomic E-state index is 5.39. The summed E-state index contributed by atoms with van der Waals surface area (Å²) >= 11 is 0. The number of nitrogens with zero attached hydrogens (tertiary/aromatic N) is 4. The minimum Gasteiger partial charge on any atom is -0.379 e. The van der Waals surface area contributed by atoms with Gasteiger partial charge in [-0.25, -0.2) is 0 Å². The predicted molar refractivity (Wildman–Crippen MR) is 107 cm³/mol. The molecule has 2 heterocycles. The molecule has 1 aliphatic rings. The molecule has 1 unspecified atom stereocenters. The van der Waals surface area contributed by atoms with E-state index in [2.05, 4.69) is 46.4 Å². The van der Waals surface area contributed by atoms with Crippen molar-refractivity contribution in [2.45, 2.75) is 46.1 Å². The molecule has 2 N–H and O–H groups in total. The van der Waals surface area contributed by atoms with E-state index in [-0.39, 0.29) is 0 Å². The average Bonchev–Trinajstić information content (AvgIpc) is 2.87. The van der Waals surface area contributed by atoms with Crippen molar-refractivity contribution < 1.29 is 4.74 Å². The highest BCUT2D eigenvalue weighted by atomic mass is 16.5. The topological polar surface area (TPSA) is 66.7 Å². The first-order chi connectivity index (χ1) is 12.5. The summed E-state index contributed by atoms with van der Waals surface area (Å²) in [5.41, 5.74) is 3.68. The number of hydrogen-bond acceptors (Lipinski definition) is 4. The van der Waals surface area contributed by atoms with Gasteiger partial charge >= 0.3 is 0 Å². The molecule has 1 aromatic heterocycles. The van der Waals surface area contributed by atoms with Gasteiger partial charge in [0.25, 0.3) is 0 Å². The number of hydrogen-bond donors (Lipinski definition) is 2. The highest BCUT2D eigenvalue weighted by molar-refractivity contribution is 5.79. The van der Waals surface area contributed by atoms with E-state index in [1.807, 2.05) is 18.8 Å². The van der Waals surface area contributed by atoms with Crippen molar-refractivity contribution >= 4 is 5.96 Å². The lowest BCUT2D eigenvalue weighted by Crippen LogP contribution is -2.43. The summed E-state index contributed by atoms with van der Waals surface area (Å²) < 4.78 is 7.34. The molecular weight excluding hydrogens is 328 g/mol. The van der Waals surface area contributed by atoms with Crippen molar-refractivity contribution in [3.63, 3.8) is 0 Å². The van der Waals surface area contributed by atoms with Gasteiger partial charge in [-0.05, 0) is 52.1 Å². The zero-order valence-corrected chi connectivity index (χ0v) is 17.1. The number of ether oxygens (including phenoxy) is 1. The van der Waals surface area contributed by atoms with E-state index < -0.39 is 0 Å². The van der Waals surface area contributed by atoms with E-state index in [1.54, 1.807) is 0 Å². The highest BCUT2D eigenvalue weighted by Gasteiger charge is 2.14. The van der Waals surface area contributed by atoms with E-state index >= 15 is 0 Å². The van der Waals surface area contributed by atoms with Crippen LogP contribution in [-0.4, -0.2) is 73.1 Å². The Bertz CT molecular complexity index is 577. The second-order valence-electron chi connectivity index (χ2n) is 7.18. The summed E-state index contributed by atoms with van der Waals surface area (Å²) in [5.74, 6) is 0.878. The summed E-state index contributed by atoms with van der Waals surface area (Å²) in [4.78, 5) is 6.84. The largest absolute Gasteiger partial charge is 0.379 e. The number of unbranched alkanes of at least 4 members (excludes halogenated alkanes) is 1. The van der Waals surface area contributed by atoms with Crippen LogP contribution < -0.4 is 10.6 Å². The molecule has 0 bridgehead atoms. The monoisotopic (exact) mass is 364 g/mol. The summed E-state index contributed by atoms with van der Waals surface area (Å²) in [5, 5.41) is 11.4. The average molecular weight is 365 g/mol. The molecule has 1 atom stereocenters. The van der Waals surface area contributed by atoms with E-state index in [1.165, 1.54) is 17.7 Å². The van der Waals surface area contributed by atoms with E-state index in [0.717, 1.165) is 63.9 Å². The Hall–Kier alpha value is -1.60. The van der Waals surface area contributed by atoms with Crippen LogP contribution in [0.1, 0.15) is 36.7 Å². The van der Waals surface area contributed by atoms with Crippen molar-refractivity contribution in [2.75, 3.05) is 46.4 Å². The van der Waals surface area contributed by atoms with Gasteiger partial charge in [0.15, 0.2) is 5.96 Å². The van der Waals surface area contributed by atoms with Crippen LogP contribution in [0.25, 0.3) is 0 Å².